The van der Waals surface area contributed by atoms with Gasteiger partial charge in [-0.15, -0.1) is 11.3 Å². The second-order valence-corrected chi connectivity index (χ2v) is 7.07. The van der Waals surface area contributed by atoms with Crippen LogP contribution in [0, 0.1) is 6.92 Å². The smallest absolute Gasteiger partial charge is 0.151 e. The number of rotatable bonds is 9. The van der Waals surface area contributed by atoms with Gasteiger partial charge in [-0.25, -0.2) is 15.0 Å². The van der Waals surface area contributed by atoms with E-state index in [1.54, 1.807) is 11.3 Å². The molecule has 0 amide bonds. The Balaban J connectivity index is 1.60. The molecule has 0 aliphatic heterocycles. The van der Waals surface area contributed by atoms with Crippen LogP contribution in [-0.2, 0) is 24.1 Å². The zero-order chi connectivity index (χ0) is 17.6. The molecule has 0 saturated carbocycles. The van der Waals surface area contributed by atoms with E-state index in [-0.39, 0.29) is 0 Å². The minimum absolute atomic E-state index is 0.510. The molecule has 7 heteroatoms. The van der Waals surface area contributed by atoms with Gasteiger partial charge >= 0.3 is 0 Å². The number of pyridine rings is 1. The molecule has 0 atom stereocenters. The van der Waals surface area contributed by atoms with E-state index in [0.29, 0.717) is 12.4 Å². The van der Waals surface area contributed by atoms with Gasteiger partial charge in [0.2, 0.25) is 0 Å². The van der Waals surface area contributed by atoms with Gasteiger partial charge in [-0.2, -0.15) is 0 Å². The lowest BCUT2D eigenvalue weighted by atomic mass is 10.3. The molecule has 0 fully saturated rings. The van der Waals surface area contributed by atoms with Crippen molar-refractivity contribution in [1.82, 2.24) is 19.5 Å². The van der Waals surface area contributed by atoms with Crippen molar-refractivity contribution in [2.45, 2.75) is 46.1 Å². The van der Waals surface area contributed by atoms with Crippen LogP contribution in [0.1, 0.15) is 36.3 Å². The summed E-state index contributed by atoms with van der Waals surface area (Å²) in [5.41, 5.74) is 8.83. The third-order valence-electron chi connectivity index (χ3n) is 4.07. The second-order valence-electron chi connectivity index (χ2n) is 6.09. The molecule has 0 saturated heterocycles. The van der Waals surface area contributed by atoms with Gasteiger partial charge in [0.25, 0.3) is 0 Å². The van der Waals surface area contributed by atoms with E-state index in [0.717, 1.165) is 61.4 Å². The lowest BCUT2D eigenvalue weighted by molar-refractivity contribution is 0.124. The fraction of sp³-hybridized carbons (Fsp3) is 0.500. The zero-order valence-corrected chi connectivity index (χ0v) is 15.7. The van der Waals surface area contributed by atoms with E-state index in [4.69, 9.17) is 15.5 Å². The number of thiazole rings is 1. The number of hydrogen-bond donors (Lipinski definition) is 1. The lowest BCUT2D eigenvalue weighted by Gasteiger charge is -2.10. The maximum Gasteiger partial charge on any atom is 0.151 e. The molecule has 3 rings (SSSR count). The summed E-state index contributed by atoms with van der Waals surface area (Å²) in [4.78, 5) is 13.3. The van der Waals surface area contributed by atoms with Gasteiger partial charge in [0.15, 0.2) is 5.82 Å². The molecular weight excluding hydrogens is 334 g/mol. The maximum atomic E-state index is 6.05. The van der Waals surface area contributed by atoms with Crippen LogP contribution in [0.25, 0.3) is 11.0 Å². The predicted octanol–water partition coefficient (Wildman–Crippen LogP) is 3.38. The average molecular weight is 359 g/mol. The quantitative estimate of drug-likeness (QED) is 0.593. The van der Waals surface area contributed by atoms with Crippen LogP contribution in [0.3, 0.4) is 0 Å². The highest BCUT2D eigenvalue weighted by Crippen LogP contribution is 2.22. The molecule has 0 aromatic carbocycles. The number of hydrogen-bond acceptors (Lipinski definition) is 6. The van der Waals surface area contributed by atoms with E-state index >= 15 is 0 Å². The van der Waals surface area contributed by atoms with Crippen LogP contribution in [0.2, 0.25) is 0 Å². The number of anilines is 1. The third kappa shape index (κ3) is 4.35. The summed E-state index contributed by atoms with van der Waals surface area (Å²) < 4.78 is 8.06. The Labute approximate surface area is 152 Å². The van der Waals surface area contributed by atoms with Crippen molar-refractivity contribution in [3.05, 3.63) is 34.2 Å². The van der Waals surface area contributed by atoms with E-state index in [2.05, 4.69) is 27.5 Å². The summed E-state index contributed by atoms with van der Waals surface area (Å²) in [7, 11) is 0. The second kappa shape index (κ2) is 8.40. The zero-order valence-electron chi connectivity index (χ0n) is 14.9. The molecule has 0 aliphatic rings. The first-order valence-electron chi connectivity index (χ1n) is 8.77. The molecule has 6 nitrogen and oxygen atoms in total. The van der Waals surface area contributed by atoms with Crippen molar-refractivity contribution in [2.75, 3.05) is 18.9 Å². The maximum absolute atomic E-state index is 6.05. The van der Waals surface area contributed by atoms with Crippen molar-refractivity contribution in [3.63, 3.8) is 0 Å². The first kappa shape index (κ1) is 17.8. The van der Waals surface area contributed by atoms with Crippen LogP contribution >= 0.6 is 11.3 Å². The highest BCUT2D eigenvalue weighted by atomic mass is 32.1. The average Bonchev–Trinajstić information content (AvgIpc) is 3.20. The number of ether oxygens (including phenoxy) is 1. The van der Waals surface area contributed by atoms with Crippen LogP contribution in [-0.4, -0.2) is 32.7 Å². The van der Waals surface area contributed by atoms with Crippen LogP contribution in [0.4, 0.5) is 5.82 Å². The van der Waals surface area contributed by atoms with Crippen LogP contribution < -0.4 is 5.73 Å². The van der Waals surface area contributed by atoms with Gasteiger partial charge in [0, 0.05) is 43.3 Å². The Kier molecular flexibility index (Phi) is 5.99. The molecule has 3 aromatic heterocycles. The van der Waals surface area contributed by atoms with Gasteiger partial charge in [-0.3, -0.25) is 0 Å². The molecule has 2 N–H and O–H groups in total. The Bertz CT molecular complexity index is 813. The predicted molar refractivity (Wildman–Crippen MR) is 102 cm³/mol. The number of nitrogens with two attached hydrogens (primary N) is 1. The molecule has 0 spiro atoms. The Morgan fingerprint density at radius 1 is 1.24 bits per heavy atom. The molecule has 3 heterocycles. The molecule has 0 aliphatic carbocycles. The third-order valence-corrected chi connectivity index (χ3v) is 4.91. The highest BCUT2D eigenvalue weighted by Gasteiger charge is 2.13. The summed E-state index contributed by atoms with van der Waals surface area (Å²) >= 11 is 1.70. The van der Waals surface area contributed by atoms with Crippen LogP contribution in [0.5, 0.6) is 0 Å². The number of imidazole rings is 1. The Morgan fingerprint density at radius 2 is 2.12 bits per heavy atom. The normalized spacial score (nSPS) is 11.4. The molecule has 0 radical (unpaired) electrons. The molecular formula is C18H25N5OS. The van der Waals surface area contributed by atoms with Crippen molar-refractivity contribution in [1.29, 1.82) is 0 Å². The molecule has 0 bridgehead atoms. The summed E-state index contributed by atoms with van der Waals surface area (Å²) in [6.07, 6.45) is 5.80. The highest BCUT2D eigenvalue weighted by molar-refractivity contribution is 7.09. The first-order valence-corrected chi connectivity index (χ1v) is 9.65. The monoisotopic (exact) mass is 359 g/mol. The SMILES string of the molecule is CCCc1nc2c(N)nc(C)cc2n1CCOCCCc1nccs1. The van der Waals surface area contributed by atoms with Crippen LogP contribution in [0.15, 0.2) is 17.6 Å². The first-order chi connectivity index (χ1) is 12.2. The molecule has 134 valence electrons. The fourth-order valence-corrected chi connectivity index (χ4v) is 3.61. The van der Waals surface area contributed by atoms with E-state index in [1.807, 2.05) is 18.5 Å². The van der Waals surface area contributed by atoms with E-state index in [9.17, 15) is 0 Å². The van der Waals surface area contributed by atoms with Gasteiger partial charge in [0.1, 0.15) is 11.3 Å². The Morgan fingerprint density at radius 3 is 2.88 bits per heavy atom. The number of nitrogen functional groups attached to an aromatic ring is 1. The largest absolute Gasteiger partial charge is 0.382 e. The summed E-state index contributed by atoms with van der Waals surface area (Å²) in [5, 5.41) is 3.19. The number of aromatic nitrogens is 4. The fourth-order valence-electron chi connectivity index (χ4n) is 2.95. The van der Waals surface area contributed by atoms with Gasteiger partial charge in [-0.1, -0.05) is 6.92 Å². The van der Waals surface area contributed by atoms with E-state index < -0.39 is 0 Å². The molecule has 25 heavy (non-hydrogen) atoms. The summed E-state index contributed by atoms with van der Waals surface area (Å²) in [6.45, 7) is 6.32. The van der Waals surface area contributed by atoms with Gasteiger partial charge < -0.3 is 15.0 Å². The summed E-state index contributed by atoms with van der Waals surface area (Å²) in [5.74, 6) is 1.57. The topological polar surface area (TPSA) is 78.8 Å². The Hall–Kier alpha value is -1.99. The van der Waals surface area contributed by atoms with E-state index in [1.165, 1.54) is 5.01 Å². The van der Waals surface area contributed by atoms with Gasteiger partial charge in [-0.05, 0) is 25.8 Å². The number of nitrogens with zero attached hydrogens (tertiary/aromatic N) is 4. The number of fused-ring (bicyclic) bond motifs is 1. The minimum atomic E-state index is 0.510. The standard InChI is InChI=1S/C18H25N5OS/c1-3-5-15-22-17-14(12-13(2)21-18(17)19)23(15)8-10-24-9-4-6-16-20-7-11-25-16/h7,11-12H,3-6,8-10H2,1-2H3,(H2,19,21). The summed E-state index contributed by atoms with van der Waals surface area (Å²) in [6, 6.07) is 2.06. The molecule has 3 aromatic rings. The lowest BCUT2D eigenvalue weighted by Crippen LogP contribution is -2.10. The molecule has 0 unspecified atom stereocenters. The number of aryl methyl sites for hydroxylation is 3. The van der Waals surface area contributed by atoms with Crippen molar-refractivity contribution >= 4 is 28.2 Å². The van der Waals surface area contributed by atoms with Crippen molar-refractivity contribution in [3.8, 4) is 0 Å². The van der Waals surface area contributed by atoms with Gasteiger partial charge in [0.05, 0.1) is 17.1 Å². The minimum Gasteiger partial charge on any atom is -0.382 e. The van der Waals surface area contributed by atoms with Crippen molar-refractivity contribution in [2.24, 2.45) is 0 Å². The van der Waals surface area contributed by atoms with Crippen molar-refractivity contribution < 1.29 is 4.74 Å².